The van der Waals surface area contributed by atoms with E-state index < -0.39 is 18.4 Å². The van der Waals surface area contributed by atoms with Gasteiger partial charge in [0.25, 0.3) is 0 Å². The Hall–Kier alpha value is -0.751. The number of unbranched alkanes of at least 4 members (excludes halogenated alkanes) is 3. The van der Waals surface area contributed by atoms with Crippen molar-refractivity contribution in [3.8, 4) is 0 Å². The minimum atomic E-state index is -2.33. The van der Waals surface area contributed by atoms with E-state index in [0.717, 1.165) is 41.4 Å². The molecule has 1 heterocycles. The number of hydrogen-bond donors (Lipinski definition) is 1. The Morgan fingerprint density at radius 2 is 1.55 bits per heavy atom. The summed E-state index contributed by atoms with van der Waals surface area (Å²) in [5.74, 6) is 0.864. The molecule has 1 aliphatic carbocycles. The average Bonchev–Trinajstić information content (AvgIpc) is 3.27. The summed E-state index contributed by atoms with van der Waals surface area (Å²) in [6.45, 7) is 7.02. The number of fused-ring (bicyclic) bond motifs is 1. The van der Waals surface area contributed by atoms with Gasteiger partial charge in [0.2, 0.25) is 0 Å². The topological polar surface area (TPSA) is 45.8 Å². The SMILES string of the molecule is CCC[CH2][Sn]([CH2]CCC)([CH2]CCC)[c]1ccc(CSc2nc3c(c(=O)[nH]2)CCC3)cc1. The molecule has 0 bridgehead atoms. The first-order valence-electron chi connectivity index (χ1n) is 12.5. The number of aromatic nitrogens is 2. The second kappa shape index (κ2) is 12.5. The van der Waals surface area contributed by atoms with Crippen molar-refractivity contribution in [1.29, 1.82) is 0 Å². The summed E-state index contributed by atoms with van der Waals surface area (Å²) in [7, 11) is 0. The number of benzene rings is 1. The number of aryl methyl sites for hydroxylation is 1. The Morgan fingerprint density at radius 1 is 0.935 bits per heavy atom. The molecule has 0 fully saturated rings. The average molecular weight is 547 g/mol. The maximum absolute atomic E-state index is 12.3. The zero-order valence-electron chi connectivity index (χ0n) is 19.8. The summed E-state index contributed by atoms with van der Waals surface area (Å²) >= 11 is -0.674. The van der Waals surface area contributed by atoms with Gasteiger partial charge in [0.1, 0.15) is 0 Å². The second-order valence-electron chi connectivity index (χ2n) is 9.23. The minimum absolute atomic E-state index is 0.0713. The van der Waals surface area contributed by atoms with Crippen molar-refractivity contribution in [2.24, 2.45) is 0 Å². The Bertz CT molecular complexity index is 856. The number of thioether (sulfide) groups is 1. The number of aromatic amines is 1. The van der Waals surface area contributed by atoms with Gasteiger partial charge in [-0.2, -0.15) is 0 Å². The van der Waals surface area contributed by atoms with E-state index in [4.69, 9.17) is 4.98 Å². The van der Waals surface area contributed by atoms with Crippen LogP contribution >= 0.6 is 11.8 Å². The predicted molar refractivity (Wildman–Crippen MR) is 137 cm³/mol. The van der Waals surface area contributed by atoms with Gasteiger partial charge in [-0.05, 0) is 0 Å². The Morgan fingerprint density at radius 3 is 2.13 bits per heavy atom. The summed E-state index contributed by atoms with van der Waals surface area (Å²) in [5.41, 5.74) is 3.33. The molecule has 1 aliphatic rings. The Balaban J connectivity index is 1.72. The molecule has 0 atom stereocenters. The number of nitrogens with zero attached hydrogens (tertiary/aromatic N) is 1. The Labute approximate surface area is 197 Å². The molecule has 1 aromatic carbocycles. The molecule has 31 heavy (non-hydrogen) atoms. The number of nitrogens with one attached hydrogen (secondary N) is 1. The molecule has 0 aliphatic heterocycles. The Kier molecular flexibility index (Phi) is 10.0. The molecular formula is C26H40N2OSSn. The van der Waals surface area contributed by atoms with Crippen LogP contribution in [-0.2, 0) is 18.6 Å². The molecule has 1 N–H and O–H groups in total. The molecular weight excluding hydrogens is 507 g/mol. The fraction of sp³-hybridized carbons (Fsp3) is 0.615. The van der Waals surface area contributed by atoms with Crippen LogP contribution in [0.15, 0.2) is 34.2 Å². The normalized spacial score (nSPS) is 13.5. The third-order valence-electron chi connectivity index (χ3n) is 6.89. The first-order chi connectivity index (χ1) is 15.1. The van der Waals surface area contributed by atoms with Crippen molar-refractivity contribution in [3.63, 3.8) is 0 Å². The molecule has 170 valence electrons. The number of H-pyrrole nitrogens is 1. The van der Waals surface area contributed by atoms with Gasteiger partial charge in [-0.3, -0.25) is 0 Å². The molecule has 0 radical (unpaired) electrons. The van der Waals surface area contributed by atoms with E-state index in [9.17, 15) is 4.79 Å². The summed E-state index contributed by atoms with van der Waals surface area (Å²) < 4.78 is 6.28. The van der Waals surface area contributed by atoms with Gasteiger partial charge in [0.15, 0.2) is 0 Å². The summed E-state index contributed by atoms with van der Waals surface area (Å²) in [6.07, 6.45) is 11.0. The molecule has 1 aromatic heterocycles. The fourth-order valence-electron chi connectivity index (χ4n) is 4.95. The van der Waals surface area contributed by atoms with Crippen molar-refractivity contribution in [1.82, 2.24) is 9.97 Å². The third kappa shape index (κ3) is 6.63. The van der Waals surface area contributed by atoms with Crippen molar-refractivity contribution in [2.75, 3.05) is 0 Å². The maximum atomic E-state index is 12.3. The monoisotopic (exact) mass is 548 g/mol. The number of hydrogen-bond acceptors (Lipinski definition) is 3. The molecule has 3 rings (SSSR count). The van der Waals surface area contributed by atoms with Crippen LogP contribution in [0.1, 0.15) is 82.5 Å². The van der Waals surface area contributed by atoms with Gasteiger partial charge in [-0.1, -0.05) is 0 Å². The fourth-order valence-corrected chi connectivity index (χ4v) is 21.7. The zero-order chi connectivity index (χ0) is 22.1. The first-order valence-corrected chi connectivity index (χ1v) is 20.9. The van der Waals surface area contributed by atoms with Crippen molar-refractivity contribution >= 4 is 33.7 Å². The molecule has 0 saturated carbocycles. The molecule has 0 saturated heterocycles. The van der Waals surface area contributed by atoms with Crippen LogP contribution in [0.25, 0.3) is 0 Å². The third-order valence-corrected chi connectivity index (χ3v) is 23.5. The van der Waals surface area contributed by atoms with Crippen LogP contribution in [-0.4, -0.2) is 28.3 Å². The zero-order valence-corrected chi connectivity index (χ0v) is 23.4. The molecule has 0 spiro atoms. The van der Waals surface area contributed by atoms with Gasteiger partial charge in [-0.15, -0.1) is 0 Å². The van der Waals surface area contributed by atoms with Gasteiger partial charge in [0, 0.05) is 0 Å². The van der Waals surface area contributed by atoms with Crippen LogP contribution < -0.4 is 9.14 Å². The van der Waals surface area contributed by atoms with Gasteiger partial charge in [-0.25, -0.2) is 0 Å². The first kappa shape index (κ1) is 24.9. The van der Waals surface area contributed by atoms with Crippen LogP contribution in [0.2, 0.25) is 13.3 Å². The van der Waals surface area contributed by atoms with E-state index in [1.54, 1.807) is 15.3 Å². The van der Waals surface area contributed by atoms with Gasteiger partial charge < -0.3 is 0 Å². The van der Waals surface area contributed by atoms with Crippen LogP contribution in [0, 0.1) is 0 Å². The quantitative estimate of drug-likeness (QED) is 0.175. The number of rotatable bonds is 13. The molecule has 0 unspecified atom stereocenters. The molecule has 3 nitrogen and oxygen atoms in total. The standard InChI is InChI=1S/C14H13N2OS.3C4H9.Sn/c17-13-11-7-4-8-12(11)15-14(16-13)18-9-10-5-2-1-3-6-10;3*1-3-4-2;/h2-3,5-6H,4,7-9H2,(H,15,16,17);3*1,3-4H2,2H3;. The summed E-state index contributed by atoms with van der Waals surface area (Å²) in [5, 5.41) is 0.775. The molecule has 2 aromatic rings. The summed E-state index contributed by atoms with van der Waals surface area (Å²) in [4.78, 5) is 19.9. The van der Waals surface area contributed by atoms with E-state index in [1.807, 2.05) is 0 Å². The van der Waals surface area contributed by atoms with E-state index in [-0.39, 0.29) is 5.56 Å². The van der Waals surface area contributed by atoms with Gasteiger partial charge in [0.05, 0.1) is 0 Å². The molecule has 5 heteroatoms. The van der Waals surface area contributed by atoms with Crippen molar-refractivity contribution in [2.45, 2.75) is 103 Å². The van der Waals surface area contributed by atoms with Crippen LogP contribution in [0.5, 0.6) is 0 Å². The molecule has 0 amide bonds. The van der Waals surface area contributed by atoms with E-state index in [0.29, 0.717) is 0 Å². The van der Waals surface area contributed by atoms with Crippen molar-refractivity contribution in [3.05, 3.63) is 51.4 Å². The predicted octanol–water partition coefficient (Wildman–Crippen LogP) is 6.61. The van der Waals surface area contributed by atoms with Crippen LogP contribution in [0.4, 0.5) is 0 Å². The second-order valence-corrected chi connectivity index (χ2v) is 23.4. The van der Waals surface area contributed by atoms with E-state index in [1.165, 1.54) is 57.4 Å². The van der Waals surface area contributed by atoms with Crippen LogP contribution in [0.3, 0.4) is 0 Å². The summed E-state index contributed by atoms with van der Waals surface area (Å²) in [6, 6.07) is 9.66. The van der Waals surface area contributed by atoms with Crippen molar-refractivity contribution < 1.29 is 0 Å². The van der Waals surface area contributed by atoms with Gasteiger partial charge >= 0.3 is 198 Å². The van der Waals surface area contributed by atoms with E-state index in [2.05, 4.69) is 50.0 Å². The van der Waals surface area contributed by atoms with E-state index >= 15 is 0 Å².